The van der Waals surface area contributed by atoms with E-state index in [0.717, 1.165) is 0 Å². The highest BCUT2D eigenvalue weighted by Gasteiger charge is 2.30. The maximum atomic E-state index is 12.9. The number of piperidine rings is 1. The molecule has 2 aromatic carbocycles. The number of nitrogens with one attached hydrogen (secondary N) is 1. The Hall–Kier alpha value is -3.36. The van der Waals surface area contributed by atoms with Gasteiger partial charge in [0.05, 0.1) is 31.4 Å². The van der Waals surface area contributed by atoms with Crippen molar-refractivity contribution in [3.05, 3.63) is 48.0 Å². The van der Waals surface area contributed by atoms with E-state index in [-0.39, 0.29) is 23.8 Å². The molecule has 0 bridgehead atoms. The first kappa shape index (κ1) is 22.3. The van der Waals surface area contributed by atoms with Crippen LogP contribution in [0.2, 0.25) is 0 Å². The molecule has 2 aromatic rings. The summed E-state index contributed by atoms with van der Waals surface area (Å²) in [5.74, 6) is -0.316. The molecule has 166 valence electrons. The lowest BCUT2D eigenvalue weighted by molar-refractivity contribution is -0.121. The molecule has 1 N–H and O–H groups in total. The number of likely N-dealkylation sites (tertiary alicyclic amines) is 1. The van der Waals surface area contributed by atoms with Crippen LogP contribution in [0.3, 0.4) is 0 Å². The summed E-state index contributed by atoms with van der Waals surface area (Å²) in [7, 11) is 3.02. The molecule has 9 heteroatoms. The molecule has 0 saturated carbocycles. The zero-order valence-corrected chi connectivity index (χ0v) is 17.3. The highest BCUT2D eigenvalue weighted by atomic mass is 19.3. The zero-order chi connectivity index (χ0) is 22.4. The fourth-order valence-corrected chi connectivity index (χ4v) is 3.53. The van der Waals surface area contributed by atoms with E-state index in [0.29, 0.717) is 36.6 Å². The molecule has 1 aliphatic rings. The van der Waals surface area contributed by atoms with Gasteiger partial charge in [0.25, 0.3) is 5.91 Å². The van der Waals surface area contributed by atoms with Gasteiger partial charge in [-0.05, 0) is 37.1 Å². The van der Waals surface area contributed by atoms with E-state index >= 15 is 0 Å². The summed E-state index contributed by atoms with van der Waals surface area (Å²) in [6.07, 6.45) is 1.20. The summed E-state index contributed by atoms with van der Waals surface area (Å²) in [6.45, 7) is -2.44. The van der Waals surface area contributed by atoms with Crippen LogP contribution in [-0.4, -0.2) is 50.6 Å². The van der Waals surface area contributed by atoms with E-state index < -0.39 is 18.4 Å². The Labute approximate surface area is 178 Å². The number of benzene rings is 2. The number of alkyl halides is 2. The first-order valence-corrected chi connectivity index (χ1v) is 9.79. The largest absolute Gasteiger partial charge is 0.497 e. The van der Waals surface area contributed by atoms with Crippen molar-refractivity contribution in [2.75, 3.05) is 32.6 Å². The fourth-order valence-electron chi connectivity index (χ4n) is 3.53. The number of carbonyl (C=O) groups excluding carboxylic acids is 2. The second kappa shape index (κ2) is 10.1. The van der Waals surface area contributed by atoms with E-state index in [4.69, 9.17) is 9.47 Å². The van der Waals surface area contributed by atoms with Gasteiger partial charge in [-0.1, -0.05) is 12.1 Å². The summed E-state index contributed by atoms with van der Waals surface area (Å²) < 4.78 is 40.3. The Balaban J connectivity index is 1.72. The molecule has 7 nitrogen and oxygen atoms in total. The molecule has 1 aliphatic heterocycles. The number of hydrogen-bond donors (Lipinski definition) is 1. The van der Waals surface area contributed by atoms with Crippen molar-refractivity contribution < 1.29 is 32.6 Å². The molecule has 0 spiro atoms. The Morgan fingerprint density at radius 3 is 2.58 bits per heavy atom. The molecular formula is C22H24F2N2O5. The predicted molar refractivity (Wildman–Crippen MR) is 110 cm³/mol. The lowest BCUT2D eigenvalue weighted by atomic mass is 9.96. The minimum absolute atomic E-state index is 0.0401. The predicted octanol–water partition coefficient (Wildman–Crippen LogP) is 3.80. The number of rotatable bonds is 7. The van der Waals surface area contributed by atoms with Gasteiger partial charge < -0.3 is 24.4 Å². The van der Waals surface area contributed by atoms with Crippen molar-refractivity contribution in [1.82, 2.24) is 4.90 Å². The first-order valence-electron chi connectivity index (χ1n) is 9.79. The van der Waals surface area contributed by atoms with Crippen LogP contribution in [0, 0.1) is 5.92 Å². The van der Waals surface area contributed by atoms with Gasteiger partial charge in [0.15, 0.2) is 0 Å². The number of halogens is 2. The molecule has 0 radical (unpaired) electrons. The van der Waals surface area contributed by atoms with Crippen molar-refractivity contribution in [2.24, 2.45) is 5.92 Å². The maximum Gasteiger partial charge on any atom is 0.387 e. The first-order chi connectivity index (χ1) is 14.9. The van der Waals surface area contributed by atoms with E-state index in [1.54, 1.807) is 24.3 Å². The number of para-hydroxylation sites is 1. The Morgan fingerprint density at radius 1 is 1.10 bits per heavy atom. The molecule has 0 aliphatic carbocycles. The average molecular weight is 434 g/mol. The molecule has 2 amide bonds. The smallest absolute Gasteiger partial charge is 0.387 e. The van der Waals surface area contributed by atoms with Crippen LogP contribution in [-0.2, 0) is 4.79 Å². The molecular weight excluding hydrogens is 410 g/mol. The van der Waals surface area contributed by atoms with Gasteiger partial charge >= 0.3 is 6.61 Å². The number of carbonyl (C=O) groups is 2. The van der Waals surface area contributed by atoms with Crippen LogP contribution < -0.4 is 19.5 Å². The molecule has 1 fully saturated rings. The normalized spacial score (nSPS) is 16.0. The highest BCUT2D eigenvalue weighted by molar-refractivity contribution is 5.98. The second-order valence-electron chi connectivity index (χ2n) is 7.02. The quantitative estimate of drug-likeness (QED) is 0.718. The van der Waals surface area contributed by atoms with Crippen LogP contribution in [0.25, 0.3) is 0 Å². The Morgan fingerprint density at radius 2 is 1.87 bits per heavy atom. The van der Waals surface area contributed by atoms with Crippen molar-refractivity contribution in [3.8, 4) is 17.2 Å². The minimum Gasteiger partial charge on any atom is -0.497 e. The standard InChI is InChI=1S/C22H24F2N2O5/c1-29-15-9-10-19(30-2)17(12-15)25-20(27)14-6-5-11-26(13-14)21(28)16-7-3-4-8-18(16)31-22(23)24/h3-4,7-10,12,14,22H,5-6,11,13H2,1-2H3,(H,25,27). The number of amides is 2. The number of anilines is 1. The van der Waals surface area contributed by atoms with Gasteiger partial charge in [0, 0.05) is 19.2 Å². The van der Waals surface area contributed by atoms with Gasteiger partial charge in [-0.3, -0.25) is 9.59 Å². The lowest BCUT2D eigenvalue weighted by Gasteiger charge is -2.32. The van der Waals surface area contributed by atoms with Gasteiger partial charge in [0.1, 0.15) is 17.2 Å². The third kappa shape index (κ3) is 5.42. The van der Waals surface area contributed by atoms with Gasteiger partial charge in [-0.2, -0.15) is 8.78 Å². The van der Waals surface area contributed by atoms with Gasteiger partial charge in [-0.25, -0.2) is 0 Å². The third-order valence-corrected chi connectivity index (χ3v) is 5.08. The van der Waals surface area contributed by atoms with Crippen LogP contribution in [0.15, 0.2) is 42.5 Å². The highest BCUT2D eigenvalue weighted by Crippen LogP contribution is 2.30. The Bertz CT molecular complexity index is 938. The third-order valence-electron chi connectivity index (χ3n) is 5.08. The molecule has 3 rings (SSSR count). The number of hydrogen-bond acceptors (Lipinski definition) is 5. The average Bonchev–Trinajstić information content (AvgIpc) is 2.78. The summed E-state index contributed by atoms with van der Waals surface area (Å²) in [6, 6.07) is 10.9. The van der Waals surface area contributed by atoms with Crippen molar-refractivity contribution in [2.45, 2.75) is 19.5 Å². The monoisotopic (exact) mass is 434 g/mol. The SMILES string of the molecule is COc1ccc(OC)c(NC(=O)C2CCCN(C(=O)c3ccccc3OC(F)F)C2)c1. The topological polar surface area (TPSA) is 77.1 Å². The molecule has 0 aromatic heterocycles. The second-order valence-corrected chi connectivity index (χ2v) is 7.02. The van der Waals surface area contributed by atoms with E-state index in [9.17, 15) is 18.4 Å². The lowest BCUT2D eigenvalue weighted by Crippen LogP contribution is -2.43. The van der Waals surface area contributed by atoms with E-state index in [1.165, 1.54) is 37.3 Å². The number of ether oxygens (including phenoxy) is 3. The zero-order valence-electron chi connectivity index (χ0n) is 17.3. The molecule has 1 heterocycles. The molecule has 1 saturated heterocycles. The summed E-state index contributed by atoms with van der Waals surface area (Å²) in [5.41, 5.74) is 0.504. The van der Waals surface area contributed by atoms with E-state index in [2.05, 4.69) is 10.1 Å². The summed E-state index contributed by atoms with van der Waals surface area (Å²) in [5, 5.41) is 2.84. The van der Waals surface area contributed by atoms with Crippen molar-refractivity contribution in [3.63, 3.8) is 0 Å². The fraction of sp³-hybridized carbons (Fsp3) is 0.364. The number of nitrogens with zero attached hydrogens (tertiary/aromatic N) is 1. The van der Waals surface area contributed by atoms with Gasteiger partial charge in [0.2, 0.25) is 5.91 Å². The molecule has 31 heavy (non-hydrogen) atoms. The number of methoxy groups -OCH3 is 2. The van der Waals surface area contributed by atoms with Crippen LogP contribution in [0.1, 0.15) is 23.2 Å². The van der Waals surface area contributed by atoms with Crippen LogP contribution in [0.5, 0.6) is 17.2 Å². The molecule has 1 atom stereocenters. The van der Waals surface area contributed by atoms with Crippen molar-refractivity contribution >= 4 is 17.5 Å². The van der Waals surface area contributed by atoms with Crippen LogP contribution in [0.4, 0.5) is 14.5 Å². The van der Waals surface area contributed by atoms with Crippen LogP contribution >= 0.6 is 0 Å². The summed E-state index contributed by atoms with van der Waals surface area (Å²) >= 11 is 0. The van der Waals surface area contributed by atoms with Crippen molar-refractivity contribution in [1.29, 1.82) is 0 Å². The Kier molecular flexibility index (Phi) is 7.28. The molecule has 1 unspecified atom stereocenters. The van der Waals surface area contributed by atoms with Gasteiger partial charge in [-0.15, -0.1) is 0 Å². The van der Waals surface area contributed by atoms with E-state index in [1.807, 2.05) is 0 Å². The summed E-state index contributed by atoms with van der Waals surface area (Å²) in [4.78, 5) is 27.3. The maximum absolute atomic E-state index is 12.9. The minimum atomic E-state index is -3.04.